The van der Waals surface area contributed by atoms with Crippen LogP contribution < -0.4 is 16.2 Å². The number of nitrogens with one attached hydrogen (secondary N) is 3. The normalized spacial score (nSPS) is 11.0. The van der Waals surface area contributed by atoms with Gasteiger partial charge in [0, 0.05) is 33.9 Å². The number of hydrogen-bond donors (Lipinski definition) is 3. The van der Waals surface area contributed by atoms with Gasteiger partial charge in [0.25, 0.3) is 11.4 Å². The lowest BCUT2D eigenvalue weighted by Crippen LogP contribution is -2.04. The van der Waals surface area contributed by atoms with E-state index in [1.54, 1.807) is 6.07 Å². The molecule has 0 aliphatic carbocycles. The van der Waals surface area contributed by atoms with E-state index in [0.717, 1.165) is 5.69 Å². The minimum absolute atomic E-state index is 0.0268. The van der Waals surface area contributed by atoms with Crippen LogP contribution >= 0.6 is 23.2 Å². The van der Waals surface area contributed by atoms with Gasteiger partial charge in [0.1, 0.15) is 5.82 Å². The molecule has 0 aliphatic heterocycles. The van der Waals surface area contributed by atoms with E-state index in [2.05, 4.69) is 36.3 Å². The molecular formula is C24H17Cl2N9O4. The summed E-state index contributed by atoms with van der Waals surface area (Å²) in [4.78, 5) is 30.1. The van der Waals surface area contributed by atoms with Crippen LogP contribution in [0.15, 0.2) is 83.0 Å². The number of hydrazone groups is 2. The Morgan fingerprint density at radius 3 is 1.82 bits per heavy atom. The van der Waals surface area contributed by atoms with Gasteiger partial charge >= 0.3 is 0 Å². The van der Waals surface area contributed by atoms with E-state index >= 15 is 0 Å². The summed E-state index contributed by atoms with van der Waals surface area (Å²) < 4.78 is 0. The fourth-order valence-electron chi connectivity index (χ4n) is 3.18. The summed E-state index contributed by atoms with van der Waals surface area (Å²) in [6.45, 7) is 0. The van der Waals surface area contributed by atoms with Crippen molar-refractivity contribution in [2.24, 2.45) is 10.2 Å². The first-order chi connectivity index (χ1) is 18.8. The van der Waals surface area contributed by atoms with Gasteiger partial charge in [0.15, 0.2) is 5.82 Å². The molecule has 0 amide bonds. The Morgan fingerprint density at radius 1 is 0.718 bits per heavy atom. The van der Waals surface area contributed by atoms with Gasteiger partial charge in [-0.3, -0.25) is 25.7 Å². The molecule has 0 fully saturated rings. The lowest BCUT2D eigenvalue weighted by molar-refractivity contribution is -0.385. The zero-order valence-corrected chi connectivity index (χ0v) is 21.2. The maximum absolute atomic E-state index is 11.3. The highest BCUT2D eigenvalue weighted by atomic mass is 35.5. The Morgan fingerprint density at radius 2 is 1.26 bits per heavy atom. The van der Waals surface area contributed by atoms with E-state index in [4.69, 9.17) is 23.2 Å². The van der Waals surface area contributed by atoms with Gasteiger partial charge in [-0.1, -0.05) is 41.4 Å². The molecule has 4 aromatic rings. The zero-order chi connectivity index (χ0) is 27.8. The number of anilines is 4. The monoisotopic (exact) mass is 565 g/mol. The fraction of sp³-hybridized carbons (Fsp3) is 0. The van der Waals surface area contributed by atoms with Crippen molar-refractivity contribution in [3.63, 3.8) is 0 Å². The van der Waals surface area contributed by atoms with E-state index in [0.29, 0.717) is 5.82 Å². The summed E-state index contributed by atoms with van der Waals surface area (Å²) in [5.74, 6) is 0.604. The molecule has 4 rings (SSSR count). The molecule has 0 radical (unpaired) electrons. The predicted octanol–water partition coefficient (Wildman–Crippen LogP) is 6.24. The summed E-state index contributed by atoms with van der Waals surface area (Å²) in [6, 6.07) is 19.1. The van der Waals surface area contributed by atoms with Crippen molar-refractivity contribution in [2.75, 3.05) is 16.2 Å². The number of para-hydroxylation sites is 1. The summed E-state index contributed by atoms with van der Waals surface area (Å²) in [5, 5.41) is 34.2. The smallest absolute Gasteiger partial charge is 0.279 e. The largest absolute Gasteiger partial charge is 0.340 e. The number of rotatable bonds is 10. The van der Waals surface area contributed by atoms with Crippen molar-refractivity contribution >= 4 is 70.3 Å². The fourth-order valence-corrected chi connectivity index (χ4v) is 3.52. The molecule has 196 valence electrons. The summed E-state index contributed by atoms with van der Waals surface area (Å²) >= 11 is 11.7. The predicted molar refractivity (Wildman–Crippen MR) is 150 cm³/mol. The summed E-state index contributed by atoms with van der Waals surface area (Å²) in [5.41, 5.74) is 6.09. The van der Waals surface area contributed by atoms with Gasteiger partial charge < -0.3 is 5.32 Å². The number of hydrogen-bond acceptors (Lipinski definition) is 11. The molecule has 13 nitrogen and oxygen atoms in total. The third kappa shape index (κ3) is 7.44. The quantitative estimate of drug-likeness (QED) is 0.114. The lowest BCUT2D eigenvalue weighted by Gasteiger charge is -2.09. The minimum atomic E-state index is -0.570. The van der Waals surface area contributed by atoms with E-state index < -0.39 is 9.85 Å². The molecule has 0 aliphatic rings. The van der Waals surface area contributed by atoms with Gasteiger partial charge in [0.2, 0.25) is 5.95 Å². The Bertz CT molecular complexity index is 1490. The molecule has 0 bridgehead atoms. The van der Waals surface area contributed by atoms with Gasteiger partial charge in [-0.25, -0.2) is 5.43 Å². The number of nitrogens with zero attached hydrogens (tertiary/aromatic N) is 6. The molecule has 1 heterocycles. The highest BCUT2D eigenvalue weighted by molar-refractivity contribution is 6.31. The SMILES string of the molecule is O=[N+]([O-])c1cc(Cl)ccc1C=NNc1cc(Nc2ccccc2)nc(NN=Cc2ccc(Cl)cc2[N+](=O)[O-])n1. The highest BCUT2D eigenvalue weighted by Gasteiger charge is 2.14. The van der Waals surface area contributed by atoms with Crippen molar-refractivity contribution in [2.45, 2.75) is 0 Å². The summed E-state index contributed by atoms with van der Waals surface area (Å²) in [6.07, 6.45) is 2.49. The molecule has 0 saturated heterocycles. The number of aromatic nitrogens is 2. The second kappa shape index (κ2) is 12.4. The molecule has 39 heavy (non-hydrogen) atoms. The topological polar surface area (TPSA) is 173 Å². The van der Waals surface area contributed by atoms with Crippen molar-refractivity contribution in [3.05, 3.63) is 114 Å². The molecule has 0 atom stereocenters. The molecule has 0 spiro atoms. The molecule has 3 N–H and O–H groups in total. The first-order valence-corrected chi connectivity index (χ1v) is 11.7. The average Bonchev–Trinajstić information content (AvgIpc) is 2.90. The van der Waals surface area contributed by atoms with Crippen LogP contribution in [0.2, 0.25) is 10.0 Å². The van der Waals surface area contributed by atoms with Crippen LogP contribution in [0, 0.1) is 20.2 Å². The third-order valence-electron chi connectivity index (χ3n) is 4.90. The summed E-state index contributed by atoms with van der Waals surface area (Å²) in [7, 11) is 0. The number of nitro groups is 2. The van der Waals surface area contributed by atoms with Crippen molar-refractivity contribution in [1.29, 1.82) is 0 Å². The first-order valence-electron chi connectivity index (χ1n) is 11.0. The van der Waals surface area contributed by atoms with Crippen molar-refractivity contribution < 1.29 is 9.85 Å². The van der Waals surface area contributed by atoms with Gasteiger partial charge in [0.05, 0.1) is 33.4 Å². The van der Waals surface area contributed by atoms with E-state index in [1.807, 2.05) is 30.3 Å². The number of halogens is 2. The average molecular weight is 566 g/mol. The van der Waals surface area contributed by atoms with Crippen LogP contribution in [0.5, 0.6) is 0 Å². The standard InChI is InChI=1S/C24H17Cl2N9O4/c25-17-8-6-15(20(10-17)34(36)37)13-27-32-23-12-22(29-19-4-2-1-3-5-19)30-24(31-23)33-28-14-16-7-9-18(26)11-21(16)35(38)39/h1-14H,(H3,29,30,31,32,33). The second-order valence-electron chi connectivity index (χ2n) is 7.61. The third-order valence-corrected chi connectivity index (χ3v) is 5.37. The van der Waals surface area contributed by atoms with E-state index in [9.17, 15) is 20.2 Å². The van der Waals surface area contributed by atoms with Crippen molar-refractivity contribution in [3.8, 4) is 0 Å². The van der Waals surface area contributed by atoms with E-state index in [-0.39, 0.29) is 44.3 Å². The molecule has 0 unspecified atom stereocenters. The lowest BCUT2D eigenvalue weighted by atomic mass is 10.2. The maximum Gasteiger partial charge on any atom is 0.279 e. The molecule has 3 aromatic carbocycles. The Kier molecular flexibility index (Phi) is 8.56. The zero-order valence-electron chi connectivity index (χ0n) is 19.7. The van der Waals surface area contributed by atoms with E-state index in [1.165, 1.54) is 48.8 Å². The number of nitro benzene ring substituents is 2. The second-order valence-corrected chi connectivity index (χ2v) is 8.49. The maximum atomic E-state index is 11.3. The molecule has 15 heteroatoms. The van der Waals surface area contributed by atoms with Crippen LogP contribution in [-0.4, -0.2) is 32.2 Å². The van der Waals surface area contributed by atoms with Crippen LogP contribution in [-0.2, 0) is 0 Å². The van der Waals surface area contributed by atoms with Crippen LogP contribution in [0.3, 0.4) is 0 Å². The van der Waals surface area contributed by atoms with Crippen LogP contribution in [0.4, 0.5) is 34.6 Å². The van der Waals surface area contributed by atoms with Crippen LogP contribution in [0.25, 0.3) is 0 Å². The highest BCUT2D eigenvalue weighted by Crippen LogP contribution is 2.24. The van der Waals surface area contributed by atoms with Crippen molar-refractivity contribution in [1.82, 2.24) is 9.97 Å². The Hall–Kier alpha value is -5.14. The van der Waals surface area contributed by atoms with Gasteiger partial charge in [-0.2, -0.15) is 20.2 Å². The number of benzene rings is 3. The minimum Gasteiger partial charge on any atom is -0.340 e. The van der Waals surface area contributed by atoms with Crippen LogP contribution in [0.1, 0.15) is 11.1 Å². The Balaban J connectivity index is 1.59. The molecular weight excluding hydrogens is 549 g/mol. The van der Waals surface area contributed by atoms with Gasteiger partial charge in [-0.05, 0) is 36.4 Å². The Labute approximate surface area is 230 Å². The van der Waals surface area contributed by atoms with Gasteiger partial charge in [-0.15, -0.1) is 0 Å². The molecule has 1 aromatic heterocycles. The molecule has 0 saturated carbocycles. The first kappa shape index (κ1) is 26.9.